The fourth-order valence-electron chi connectivity index (χ4n) is 1.32. The summed E-state index contributed by atoms with van der Waals surface area (Å²) in [4.78, 5) is 0. The Morgan fingerprint density at radius 2 is 2.00 bits per heavy atom. The van der Waals surface area contributed by atoms with Crippen LogP contribution in [0.25, 0.3) is 0 Å². The molecular formula is C9H8Cl2OS. The zero-order valence-corrected chi connectivity index (χ0v) is 9.09. The fourth-order valence-corrected chi connectivity index (χ4v) is 2.80. The minimum absolute atomic E-state index is 0.551. The highest BCUT2D eigenvalue weighted by Gasteiger charge is 2.38. The van der Waals surface area contributed by atoms with E-state index in [0.717, 1.165) is 5.56 Å². The highest BCUT2D eigenvalue weighted by Crippen LogP contribution is 2.41. The number of benzene rings is 1. The zero-order valence-electron chi connectivity index (χ0n) is 6.76. The number of thioether (sulfide) groups is 1. The predicted octanol–water partition coefficient (Wildman–Crippen LogP) is 2.93. The molecule has 0 saturated carbocycles. The van der Waals surface area contributed by atoms with Crippen LogP contribution in [0.5, 0.6) is 0 Å². The lowest BCUT2D eigenvalue weighted by atomic mass is 9.97. The molecule has 0 radical (unpaired) electrons. The van der Waals surface area contributed by atoms with Crippen molar-refractivity contribution in [3.8, 4) is 0 Å². The van der Waals surface area contributed by atoms with E-state index in [-0.39, 0.29) is 0 Å². The van der Waals surface area contributed by atoms with Gasteiger partial charge in [0.15, 0.2) is 0 Å². The molecule has 0 atom stereocenters. The Morgan fingerprint density at radius 1 is 1.31 bits per heavy atom. The molecule has 0 spiro atoms. The second-order valence-electron chi connectivity index (χ2n) is 3.15. The van der Waals surface area contributed by atoms with Crippen molar-refractivity contribution in [2.24, 2.45) is 0 Å². The van der Waals surface area contributed by atoms with Gasteiger partial charge in [-0.3, -0.25) is 0 Å². The van der Waals surface area contributed by atoms with Crippen molar-refractivity contribution in [2.75, 3.05) is 11.5 Å². The lowest BCUT2D eigenvalue weighted by Gasteiger charge is -2.36. The van der Waals surface area contributed by atoms with E-state index < -0.39 is 5.60 Å². The van der Waals surface area contributed by atoms with Gasteiger partial charge < -0.3 is 5.11 Å². The van der Waals surface area contributed by atoms with Crippen LogP contribution in [0, 0.1) is 0 Å². The van der Waals surface area contributed by atoms with Gasteiger partial charge in [0.2, 0.25) is 0 Å². The zero-order chi connectivity index (χ0) is 9.47. The Kier molecular flexibility index (Phi) is 2.49. The van der Waals surface area contributed by atoms with Crippen molar-refractivity contribution >= 4 is 35.0 Å². The van der Waals surface area contributed by atoms with Gasteiger partial charge in [-0.1, -0.05) is 29.3 Å². The summed E-state index contributed by atoms with van der Waals surface area (Å²) < 4.78 is 0. The largest absolute Gasteiger partial charge is 0.383 e. The van der Waals surface area contributed by atoms with E-state index in [1.165, 1.54) is 0 Å². The highest BCUT2D eigenvalue weighted by molar-refractivity contribution is 8.00. The summed E-state index contributed by atoms with van der Waals surface area (Å²) >= 11 is 13.4. The van der Waals surface area contributed by atoms with Crippen molar-refractivity contribution in [1.29, 1.82) is 0 Å². The van der Waals surface area contributed by atoms with E-state index >= 15 is 0 Å². The van der Waals surface area contributed by atoms with E-state index in [1.807, 2.05) is 0 Å². The summed E-state index contributed by atoms with van der Waals surface area (Å²) in [5, 5.41) is 11.2. The molecule has 1 fully saturated rings. The molecule has 13 heavy (non-hydrogen) atoms. The maximum absolute atomic E-state index is 10.0. The van der Waals surface area contributed by atoms with Crippen LogP contribution in [-0.4, -0.2) is 16.6 Å². The van der Waals surface area contributed by atoms with Gasteiger partial charge in [-0.15, -0.1) is 0 Å². The smallest absolute Gasteiger partial charge is 0.109 e. The quantitative estimate of drug-likeness (QED) is 0.807. The molecule has 0 amide bonds. The van der Waals surface area contributed by atoms with Crippen molar-refractivity contribution in [3.63, 3.8) is 0 Å². The SMILES string of the molecule is OC1(c2ccc(Cl)cc2Cl)CSC1. The lowest BCUT2D eigenvalue weighted by Crippen LogP contribution is -2.40. The van der Waals surface area contributed by atoms with Crippen LogP contribution in [0.1, 0.15) is 5.56 Å². The predicted molar refractivity (Wildman–Crippen MR) is 57.7 cm³/mol. The molecule has 0 aliphatic carbocycles. The van der Waals surface area contributed by atoms with Crippen LogP contribution >= 0.6 is 35.0 Å². The first-order valence-electron chi connectivity index (χ1n) is 3.87. The van der Waals surface area contributed by atoms with Gasteiger partial charge in [0, 0.05) is 27.1 Å². The summed E-state index contributed by atoms with van der Waals surface area (Å²) in [6.45, 7) is 0. The maximum atomic E-state index is 10.0. The summed E-state index contributed by atoms with van der Waals surface area (Å²) in [6, 6.07) is 5.22. The maximum Gasteiger partial charge on any atom is 0.109 e. The van der Waals surface area contributed by atoms with E-state index in [2.05, 4.69) is 0 Å². The summed E-state index contributed by atoms with van der Waals surface area (Å²) in [5.74, 6) is 1.43. The van der Waals surface area contributed by atoms with Crippen LogP contribution in [0.2, 0.25) is 10.0 Å². The van der Waals surface area contributed by atoms with Crippen LogP contribution in [0.4, 0.5) is 0 Å². The third-order valence-corrected chi connectivity index (χ3v) is 4.03. The third kappa shape index (κ3) is 1.68. The molecule has 1 aliphatic rings. The molecule has 1 nitrogen and oxygen atoms in total. The van der Waals surface area contributed by atoms with Gasteiger partial charge in [0.05, 0.1) is 0 Å². The van der Waals surface area contributed by atoms with Gasteiger partial charge >= 0.3 is 0 Å². The highest BCUT2D eigenvalue weighted by atomic mass is 35.5. The van der Waals surface area contributed by atoms with Crippen molar-refractivity contribution in [1.82, 2.24) is 0 Å². The van der Waals surface area contributed by atoms with Gasteiger partial charge in [-0.25, -0.2) is 0 Å². The van der Waals surface area contributed by atoms with Gasteiger partial charge in [0.1, 0.15) is 5.60 Å². The number of halogens is 2. The molecular weight excluding hydrogens is 227 g/mol. The molecule has 4 heteroatoms. The molecule has 1 saturated heterocycles. The number of rotatable bonds is 1. The van der Waals surface area contributed by atoms with Crippen molar-refractivity contribution < 1.29 is 5.11 Å². The summed E-state index contributed by atoms with van der Waals surface area (Å²) in [7, 11) is 0. The number of hydrogen-bond acceptors (Lipinski definition) is 2. The molecule has 0 aromatic heterocycles. The number of aliphatic hydroxyl groups is 1. The van der Waals surface area contributed by atoms with Crippen LogP contribution in [0.3, 0.4) is 0 Å². The van der Waals surface area contributed by atoms with Crippen LogP contribution < -0.4 is 0 Å². The molecule has 0 bridgehead atoms. The minimum atomic E-state index is -0.730. The Balaban J connectivity index is 2.40. The molecule has 70 valence electrons. The first kappa shape index (κ1) is 9.66. The van der Waals surface area contributed by atoms with Gasteiger partial charge in [0.25, 0.3) is 0 Å². The molecule has 1 N–H and O–H groups in total. The summed E-state index contributed by atoms with van der Waals surface area (Å²) in [5.41, 5.74) is 0.0594. The van der Waals surface area contributed by atoms with E-state index in [1.54, 1.807) is 30.0 Å². The molecule has 1 aromatic carbocycles. The summed E-state index contributed by atoms with van der Waals surface area (Å²) in [6.07, 6.45) is 0. The first-order valence-corrected chi connectivity index (χ1v) is 5.78. The minimum Gasteiger partial charge on any atom is -0.383 e. The van der Waals surface area contributed by atoms with Crippen LogP contribution in [-0.2, 0) is 5.60 Å². The Morgan fingerprint density at radius 3 is 2.46 bits per heavy atom. The van der Waals surface area contributed by atoms with Crippen LogP contribution in [0.15, 0.2) is 18.2 Å². The van der Waals surface area contributed by atoms with E-state index in [0.29, 0.717) is 21.6 Å². The number of hydrogen-bond donors (Lipinski definition) is 1. The van der Waals surface area contributed by atoms with Gasteiger partial charge in [-0.2, -0.15) is 11.8 Å². The van der Waals surface area contributed by atoms with E-state index in [4.69, 9.17) is 23.2 Å². The Labute approximate surface area is 91.0 Å². The van der Waals surface area contributed by atoms with E-state index in [9.17, 15) is 5.11 Å². The molecule has 1 aliphatic heterocycles. The van der Waals surface area contributed by atoms with Crippen molar-refractivity contribution in [2.45, 2.75) is 5.60 Å². The normalized spacial score (nSPS) is 19.6. The molecule has 0 unspecified atom stereocenters. The average molecular weight is 235 g/mol. The second kappa shape index (κ2) is 3.35. The van der Waals surface area contributed by atoms with Gasteiger partial charge in [-0.05, 0) is 12.1 Å². The third-order valence-electron chi connectivity index (χ3n) is 2.11. The lowest BCUT2D eigenvalue weighted by molar-refractivity contribution is 0.0770. The molecule has 2 rings (SSSR count). The Bertz CT molecular complexity index is 336. The molecule has 1 aromatic rings. The Hall–Kier alpha value is 0.110. The topological polar surface area (TPSA) is 20.2 Å². The fraction of sp³-hybridized carbons (Fsp3) is 0.333. The average Bonchev–Trinajstić information content (AvgIpc) is 2.00. The standard InChI is InChI=1S/C9H8Cl2OS/c10-6-1-2-7(8(11)3-6)9(12)4-13-5-9/h1-3,12H,4-5H2. The second-order valence-corrected chi connectivity index (χ2v) is 4.98. The first-order chi connectivity index (χ1) is 6.12. The monoisotopic (exact) mass is 234 g/mol. The molecule has 1 heterocycles. The van der Waals surface area contributed by atoms with Crippen molar-refractivity contribution in [3.05, 3.63) is 33.8 Å².